The van der Waals surface area contributed by atoms with Gasteiger partial charge in [0.1, 0.15) is 12.6 Å². The van der Waals surface area contributed by atoms with Crippen LogP contribution < -0.4 is 0 Å². The first-order valence-electron chi connectivity index (χ1n) is 40.7. The van der Waals surface area contributed by atoms with Gasteiger partial charge in [0.05, 0.1) is 0 Å². The van der Waals surface area contributed by atoms with Crippen molar-refractivity contribution in [2.24, 2.45) is 75.9 Å². The molecule has 0 aliphatic heterocycles. The van der Waals surface area contributed by atoms with Gasteiger partial charge in [-0.25, -0.2) is 0 Å². The average molecular weight is 1440 g/mol. The molecule has 1 unspecified atom stereocenters. The topological polar surface area (TPSA) is 34.1 Å². The summed E-state index contributed by atoms with van der Waals surface area (Å²) in [6.07, 6.45) is 34.5. The highest BCUT2D eigenvalue weighted by Gasteiger charge is 2.22. The lowest BCUT2D eigenvalue weighted by Gasteiger charge is -2.04. The summed E-state index contributed by atoms with van der Waals surface area (Å²) in [7, 11) is 0. The maximum absolute atomic E-state index is 10.8. The van der Waals surface area contributed by atoms with Gasteiger partial charge in [0.2, 0.25) is 0 Å². The van der Waals surface area contributed by atoms with E-state index in [2.05, 4.69) is 242 Å². The molecule has 0 aromatic heterocycles. The van der Waals surface area contributed by atoms with Crippen LogP contribution in [0.5, 0.6) is 0 Å². The monoisotopic (exact) mass is 1440 g/mol. The number of aldehydes is 2. The molecule has 0 aromatic carbocycles. The molecule has 0 saturated heterocycles. The Kier molecular flexibility index (Phi) is 226. The van der Waals surface area contributed by atoms with E-state index >= 15 is 0 Å². The maximum atomic E-state index is 10.8. The first-order chi connectivity index (χ1) is 42.7. The molecule has 99 heavy (non-hydrogen) atoms. The molecule has 2 nitrogen and oxygen atoms in total. The van der Waals surface area contributed by atoms with Crippen molar-refractivity contribution in [1.29, 1.82) is 0 Å². The Balaban J connectivity index is -0.0000000317. The molecule has 0 aromatic rings. The fraction of sp³-hybridized carbons (Fsp3) is 0.979. The Labute approximate surface area is 643 Å². The third kappa shape index (κ3) is 396. The summed E-state index contributed by atoms with van der Waals surface area (Å²) < 4.78 is 32.4. The molecule has 1 atom stereocenters. The lowest BCUT2D eigenvalue weighted by atomic mass is 10.0. The van der Waals surface area contributed by atoms with Crippen LogP contribution >= 0.6 is 0 Å². The number of hydrogen-bond donors (Lipinski definition) is 0. The molecule has 0 heterocycles. The molecule has 5 heteroatoms. The van der Waals surface area contributed by atoms with Crippen molar-refractivity contribution in [1.82, 2.24) is 0 Å². The van der Waals surface area contributed by atoms with Crippen molar-refractivity contribution in [2.75, 3.05) is 0 Å². The minimum atomic E-state index is -3.96. The number of rotatable bonds is 18. The fourth-order valence-corrected chi connectivity index (χ4v) is 3.55. The summed E-state index contributed by atoms with van der Waals surface area (Å²) in [5, 5.41) is 0. The Bertz CT molecular complexity index is 970. The highest BCUT2D eigenvalue weighted by atomic mass is 19.4. The van der Waals surface area contributed by atoms with E-state index in [1.807, 2.05) is 55.4 Å². The Morgan fingerprint density at radius 3 is 0.566 bits per heavy atom. The van der Waals surface area contributed by atoms with Gasteiger partial charge in [-0.05, 0) is 65.1 Å². The van der Waals surface area contributed by atoms with E-state index in [1.54, 1.807) is 0 Å². The van der Waals surface area contributed by atoms with Crippen LogP contribution in [0, 0.1) is 75.9 Å². The van der Waals surface area contributed by atoms with Crippen LogP contribution in [0.2, 0.25) is 0 Å². The van der Waals surface area contributed by atoms with Crippen molar-refractivity contribution in [3.05, 3.63) is 0 Å². The summed E-state index contributed by atoms with van der Waals surface area (Å²) in [6.45, 7) is 94.0. The van der Waals surface area contributed by atoms with Gasteiger partial charge in [0.25, 0.3) is 0 Å². The fourth-order valence-electron chi connectivity index (χ4n) is 3.55. The van der Waals surface area contributed by atoms with Gasteiger partial charge in [-0.15, -0.1) is 0 Å². The van der Waals surface area contributed by atoms with Crippen molar-refractivity contribution in [3.8, 4) is 0 Å². The second kappa shape index (κ2) is 140. The molecular formula is C94H225F3O2. The standard InChI is InChI=1S/C8H18.C6H12.2C6H14.2C5H10O.C5H10.7C5H12.C4H10.C3H5F3.C3H8.C2H6.6CH4/c1-4-6-7-8(3)5-2;1-6-4-2-3-5-6;1-4-6(3)5-2;1-3-5-6-4-2;2*1-5(2,3)4-6;1-2-5-3-4-5;6*1-4-5(2)3;1-3-5-4-2;1-4(2)3;1-2-3(4,5)6;1-3-2;1-2;;;;;;/h8H,4-7H2,1-3H3;6H,2-5H2,1H3;6H,4-5H2,1-3H3;3-6H2,1-2H3;2*4H,1-3H3;5H,2-4H2,1H3;6*5H,4H2,1-3H3;3-5H2,1-2H3;4H,1-3H3;2H2,1H3;3H2,1-2H3;1-2H3;6*1H4. The van der Waals surface area contributed by atoms with Crippen molar-refractivity contribution < 1.29 is 22.8 Å². The molecule has 0 radical (unpaired) electrons. The molecule has 2 rings (SSSR count). The molecule has 0 amide bonds. The highest BCUT2D eigenvalue weighted by Crippen LogP contribution is 2.31. The van der Waals surface area contributed by atoms with E-state index in [1.165, 1.54) is 173 Å². The molecule has 0 spiro atoms. The van der Waals surface area contributed by atoms with Crippen LogP contribution in [0.15, 0.2) is 0 Å². The lowest BCUT2D eigenvalue weighted by molar-refractivity contribution is -0.130. The SMILES string of the molecule is C.C.C.C.C.C.CC.CC(C)(C)C=O.CC(C)(C)C=O.CC(C)C.CC1CCCC1.CCC.CCC(C)C.CCC(C)C.CCC(C)C.CCC(C)C.CCC(C)C.CCC(C)C.CCC(C)CC.CCC(F)(F)F.CCC1CC1.CCCCC.CCCCC(C)CC.CCCCCC. The van der Waals surface area contributed by atoms with Gasteiger partial charge in [0, 0.05) is 17.3 Å². The van der Waals surface area contributed by atoms with E-state index in [0.29, 0.717) is 0 Å². The van der Waals surface area contributed by atoms with Crippen molar-refractivity contribution in [3.63, 3.8) is 0 Å². The number of halogens is 3. The molecule has 2 aliphatic rings. The van der Waals surface area contributed by atoms with Crippen LogP contribution in [-0.2, 0) is 9.59 Å². The van der Waals surface area contributed by atoms with E-state index in [4.69, 9.17) is 0 Å². The predicted octanol–water partition coefficient (Wildman–Crippen LogP) is 39.1. The number of carbonyl (C=O) groups excluding carboxylic acids is 2. The first-order valence-corrected chi connectivity index (χ1v) is 40.7. The Hall–Kier alpha value is -0.870. The molecule has 2 saturated carbocycles. The zero-order valence-electron chi connectivity index (χ0n) is 74.8. The van der Waals surface area contributed by atoms with E-state index in [0.717, 1.165) is 84.6 Å². The zero-order chi connectivity index (χ0) is 78.1. The average Bonchev–Trinajstić information content (AvgIpc) is 2.21. The summed E-state index contributed by atoms with van der Waals surface area (Å²) in [6, 6.07) is 0. The van der Waals surface area contributed by atoms with Gasteiger partial charge in [-0.2, -0.15) is 13.2 Å². The second-order valence-corrected chi connectivity index (χ2v) is 31.1. The smallest absolute Gasteiger partial charge is 0.303 e. The number of unbranched alkanes of at least 4 members (excludes halogenated alkanes) is 6. The van der Waals surface area contributed by atoms with Crippen LogP contribution in [0.4, 0.5) is 13.2 Å². The second-order valence-electron chi connectivity index (χ2n) is 31.1. The molecule has 0 N–H and O–H groups in total. The maximum Gasteiger partial charge on any atom is 0.388 e. The van der Waals surface area contributed by atoms with E-state index in [-0.39, 0.29) is 55.4 Å². The van der Waals surface area contributed by atoms with E-state index < -0.39 is 12.6 Å². The molecular weight excluding hydrogens is 1220 g/mol. The predicted molar refractivity (Wildman–Crippen MR) is 481 cm³/mol. The normalized spacial score (nSPS) is 11.0. The third-order valence-electron chi connectivity index (χ3n) is 13.7. The van der Waals surface area contributed by atoms with Gasteiger partial charge in [-0.1, -0.05) is 523 Å². The Morgan fingerprint density at radius 1 is 0.343 bits per heavy atom. The van der Waals surface area contributed by atoms with Crippen molar-refractivity contribution in [2.45, 2.75) is 535 Å². The summed E-state index contributed by atoms with van der Waals surface area (Å²) in [5.74, 6) is 10.2. The van der Waals surface area contributed by atoms with Crippen LogP contribution in [0.25, 0.3) is 0 Å². The minimum Gasteiger partial charge on any atom is -0.303 e. The van der Waals surface area contributed by atoms with Crippen LogP contribution in [0.3, 0.4) is 0 Å². The van der Waals surface area contributed by atoms with Crippen LogP contribution in [0.1, 0.15) is 529 Å². The molecule has 2 fully saturated rings. The van der Waals surface area contributed by atoms with Gasteiger partial charge >= 0.3 is 6.18 Å². The quantitative estimate of drug-likeness (QED) is 0.101. The third-order valence-corrected chi connectivity index (χ3v) is 13.7. The Morgan fingerprint density at radius 2 is 0.515 bits per heavy atom. The molecule has 634 valence electrons. The van der Waals surface area contributed by atoms with Gasteiger partial charge in [-0.3, -0.25) is 0 Å². The van der Waals surface area contributed by atoms with Gasteiger partial charge < -0.3 is 9.59 Å². The number of carbonyl (C=O) groups is 2. The number of hydrogen-bond acceptors (Lipinski definition) is 2. The summed E-state index contributed by atoms with van der Waals surface area (Å²) in [4.78, 5) is 19.7. The number of alkyl halides is 3. The zero-order valence-corrected chi connectivity index (χ0v) is 74.8. The van der Waals surface area contributed by atoms with E-state index in [9.17, 15) is 22.8 Å². The molecule has 2 aliphatic carbocycles. The van der Waals surface area contributed by atoms with Crippen molar-refractivity contribution >= 4 is 12.6 Å². The summed E-state index contributed by atoms with van der Waals surface area (Å²) in [5.41, 5.74) is -0.278. The van der Waals surface area contributed by atoms with Crippen LogP contribution in [-0.4, -0.2) is 18.7 Å². The summed E-state index contributed by atoms with van der Waals surface area (Å²) >= 11 is 0. The lowest BCUT2D eigenvalue weighted by Crippen LogP contribution is -2.04. The first kappa shape index (κ1) is 160. The largest absolute Gasteiger partial charge is 0.388 e. The highest BCUT2D eigenvalue weighted by molar-refractivity contribution is 5.57. The van der Waals surface area contributed by atoms with Gasteiger partial charge in [0.15, 0.2) is 0 Å². The molecule has 0 bridgehead atoms. The minimum absolute atomic E-state index is 0.